The summed E-state index contributed by atoms with van der Waals surface area (Å²) in [6.07, 6.45) is -0.353. The highest BCUT2D eigenvalue weighted by Gasteiger charge is 2.25. The first-order chi connectivity index (χ1) is 9.63. The molecule has 0 N–H and O–H groups in total. The number of ether oxygens (including phenoxy) is 2. The lowest BCUT2D eigenvalue weighted by Crippen LogP contribution is -2.46. The lowest BCUT2D eigenvalue weighted by Gasteiger charge is -2.29. The van der Waals surface area contributed by atoms with E-state index in [0.717, 1.165) is 0 Å². The van der Waals surface area contributed by atoms with Crippen molar-refractivity contribution in [2.45, 2.75) is 13.0 Å². The first-order valence-corrected chi connectivity index (χ1v) is 6.40. The molecular formula is C14H16FNO4. The lowest BCUT2D eigenvalue weighted by atomic mass is 10.2. The first-order valence-electron chi connectivity index (χ1n) is 6.40. The minimum absolute atomic E-state index is 0.0895. The molecule has 1 aliphatic heterocycles. The van der Waals surface area contributed by atoms with E-state index in [1.54, 1.807) is 11.8 Å². The third-order valence-corrected chi connectivity index (χ3v) is 3.09. The monoisotopic (exact) mass is 281 g/mol. The van der Waals surface area contributed by atoms with E-state index in [2.05, 4.69) is 0 Å². The number of carbonyl (C=O) groups excluding carboxylic acids is 2. The second-order valence-electron chi connectivity index (χ2n) is 4.47. The Bertz CT molecular complexity index is 500. The van der Waals surface area contributed by atoms with Gasteiger partial charge in [-0.25, -0.2) is 4.39 Å². The molecule has 0 spiro atoms. The normalized spacial score (nSPS) is 16.6. The molecule has 5 nitrogen and oxygen atoms in total. The van der Waals surface area contributed by atoms with Crippen LogP contribution < -0.4 is 4.74 Å². The SMILES string of the molecule is CC(Oc1c(F)cccc1C=O)C(=O)N1CCOCC1. The number of carbonyl (C=O) groups is 2. The number of amides is 1. The number of rotatable bonds is 4. The Labute approximate surface area is 116 Å². The summed E-state index contributed by atoms with van der Waals surface area (Å²) in [6.45, 7) is 3.49. The van der Waals surface area contributed by atoms with Gasteiger partial charge in [0.2, 0.25) is 0 Å². The summed E-state index contributed by atoms with van der Waals surface area (Å²) in [5, 5.41) is 0. The number of hydrogen-bond acceptors (Lipinski definition) is 4. The number of nitrogens with zero attached hydrogens (tertiary/aromatic N) is 1. The van der Waals surface area contributed by atoms with Crippen LogP contribution in [0.5, 0.6) is 5.75 Å². The summed E-state index contributed by atoms with van der Waals surface area (Å²) < 4.78 is 24.2. The highest BCUT2D eigenvalue weighted by Crippen LogP contribution is 2.22. The van der Waals surface area contributed by atoms with Crippen LogP contribution in [0, 0.1) is 5.82 Å². The van der Waals surface area contributed by atoms with Gasteiger partial charge in [0.05, 0.1) is 18.8 Å². The molecule has 0 radical (unpaired) electrons. The maximum Gasteiger partial charge on any atom is 0.263 e. The lowest BCUT2D eigenvalue weighted by molar-refractivity contribution is -0.142. The van der Waals surface area contributed by atoms with Gasteiger partial charge in [0.1, 0.15) is 0 Å². The topological polar surface area (TPSA) is 55.8 Å². The van der Waals surface area contributed by atoms with Crippen LogP contribution >= 0.6 is 0 Å². The smallest absolute Gasteiger partial charge is 0.263 e. The van der Waals surface area contributed by atoms with Gasteiger partial charge in [-0.05, 0) is 19.1 Å². The molecule has 1 fully saturated rings. The van der Waals surface area contributed by atoms with Crippen LogP contribution in [0.3, 0.4) is 0 Å². The van der Waals surface area contributed by atoms with Crippen LogP contribution in [0.25, 0.3) is 0 Å². The maximum atomic E-state index is 13.7. The zero-order valence-electron chi connectivity index (χ0n) is 11.2. The van der Waals surface area contributed by atoms with E-state index < -0.39 is 11.9 Å². The fourth-order valence-electron chi connectivity index (χ4n) is 2.01. The zero-order valence-corrected chi connectivity index (χ0v) is 11.2. The van der Waals surface area contributed by atoms with Gasteiger partial charge in [-0.1, -0.05) is 6.07 Å². The maximum absolute atomic E-state index is 13.7. The van der Waals surface area contributed by atoms with E-state index in [4.69, 9.17) is 9.47 Å². The number of aldehydes is 1. The van der Waals surface area contributed by atoms with E-state index in [0.29, 0.717) is 32.6 Å². The minimum atomic E-state index is -0.858. The van der Waals surface area contributed by atoms with Crippen LogP contribution in [0.4, 0.5) is 4.39 Å². The second kappa shape index (κ2) is 6.47. The largest absolute Gasteiger partial charge is 0.477 e. The zero-order chi connectivity index (χ0) is 14.5. The Morgan fingerprint density at radius 3 is 2.80 bits per heavy atom. The minimum Gasteiger partial charge on any atom is -0.477 e. The molecular weight excluding hydrogens is 265 g/mol. The van der Waals surface area contributed by atoms with Gasteiger partial charge in [0.25, 0.3) is 5.91 Å². The Morgan fingerprint density at radius 2 is 2.15 bits per heavy atom. The summed E-state index contributed by atoms with van der Waals surface area (Å²) in [5.41, 5.74) is 0.0895. The average Bonchev–Trinajstić information content (AvgIpc) is 2.49. The summed E-state index contributed by atoms with van der Waals surface area (Å²) in [6, 6.07) is 4.05. The van der Waals surface area contributed by atoms with Crippen molar-refractivity contribution in [2.75, 3.05) is 26.3 Å². The standard InChI is InChI=1S/C14H16FNO4/c1-10(14(18)16-5-7-19-8-6-16)20-13-11(9-17)3-2-4-12(13)15/h2-4,9-10H,5-8H2,1H3. The number of para-hydroxylation sites is 1. The number of morpholine rings is 1. The number of benzene rings is 1. The first kappa shape index (κ1) is 14.5. The Hall–Kier alpha value is -1.95. The number of halogens is 1. The van der Waals surface area contributed by atoms with E-state index in [-0.39, 0.29) is 17.2 Å². The van der Waals surface area contributed by atoms with E-state index in [1.807, 2.05) is 0 Å². The predicted octanol–water partition coefficient (Wildman–Crippen LogP) is 1.26. The third-order valence-electron chi connectivity index (χ3n) is 3.09. The van der Waals surface area contributed by atoms with Gasteiger partial charge >= 0.3 is 0 Å². The van der Waals surface area contributed by atoms with Crippen molar-refractivity contribution in [3.8, 4) is 5.75 Å². The molecule has 20 heavy (non-hydrogen) atoms. The molecule has 0 saturated carbocycles. The van der Waals surface area contributed by atoms with E-state index in [1.165, 1.54) is 18.2 Å². The van der Waals surface area contributed by atoms with E-state index >= 15 is 0 Å². The van der Waals surface area contributed by atoms with E-state index in [9.17, 15) is 14.0 Å². The molecule has 1 aromatic carbocycles. The highest BCUT2D eigenvalue weighted by atomic mass is 19.1. The molecule has 108 valence electrons. The fourth-order valence-corrected chi connectivity index (χ4v) is 2.01. The Morgan fingerprint density at radius 1 is 1.45 bits per heavy atom. The van der Waals surface area contributed by atoms with Gasteiger partial charge in [-0.3, -0.25) is 9.59 Å². The molecule has 1 amide bonds. The molecule has 1 unspecified atom stereocenters. The van der Waals surface area contributed by atoms with Crippen molar-refractivity contribution in [3.63, 3.8) is 0 Å². The van der Waals surface area contributed by atoms with Crippen LogP contribution in [-0.2, 0) is 9.53 Å². The molecule has 1 saturated heterocycles. The Balaban J connectivity index is 2.09. The van der Waals surface area contributed by atoms with Crippen LogP contribution in [0.1, 0.15) is 17.3 Å². The molecule has 0 bridgehead atoms. The predicted molar refractivity (Wildman–Crippen MR) is 69.3 cm³/mol. The van der Waals surface area contributed by atoms with Gasteiger partial charge in [-0.2, -0.15) is 0 Å². The van der Waals surface area contributed by atoms with Crippen molar-refractivity contribution in [1.82, 2.24) is 4.90 Å². The molecule has 1 atom stereocenters. The van der Waals surface area contributed by atoms with Crippen LogP contribution in [0.15, 0.2) is 18.2 Å². The quantitative estimate of drug-likeness (QED) is 0.780. The van der Waals surface area contributed by atoms with Gasteiger partial charge < -0.3 is 14.4 Å². The second-order valence-corrected chi connectivity index (χ2v) is 4.47. The molecule has 0 aromatic heterocycles. The van der Waals surface area contributed by atoms with Crippen LogP contribution in [-0.4, -0.2) is 49.5 Å². The fraction of sp³-hybridized carbons (Fsp3) is 0.429. The van der Waals surface area contributed by atoms with Gasteiger partial charge in [-0.15, -0.1) is 0 Å². The molecule has 1 aliphatic rings. The van der Waals surface area contributed by atoms with Gasteiger partial charge in [0.15, 0.2) is 24.0 Å². The molecule has 6 heteroatoms. The molecule has 0 aliphatic carbocycles. The van der Waals surface area contributed by atoms with Crippen molar-refractivity contribution >= 4 is 12.2 Å². The molecule has 2 rings (SSSR count). The van der Waals surface area contributed by atoms with Crippen molar-refractivity contribution in [2.24, 2.45) is 0 Å². The number of hydrogen-bond donors (Lipinski definition) is 0. The highest BCUT2D eigenvalue weighted by molar-refractivity contribution is 5.82. The van der Waals surface area contributed by atoms with Crippen molar-refractivity contribution in [1.29, 1.82) is 0 Å². The molecule has 1 heterocycles. The van der Waals surface area contributed by atoms with Gasteiger partial charge in [0, 0.05) is 13.1 Å². The Kier molecular flexibility index (Phi) is 4.68. The summed E-state index contributed by atoms with van der Waals surface area (Å²) in [7, 11) is 0. The molecule has 1 aromatic rings. The summed E-state index contributed by atoms with van der Waals surface area (Å²) in [5.74, 6) is -1.08. The van der Waals surface area contributed by atoms with Crippen LogP contribution in [0.2, 0.25) is 0 Å². The third kappa shape index (κ3) is 3.14. The summed E-state index contributed by atoms with van der Waals surface area (Å²) in [4.78, 5) is 24.6. The van der Waals surface area contributed by atoms with Crippen molar-refractivity contribution < 1.29 is 23.5 Å². The summed E-state index contributed by atoms with van der Waals surface area (Å²) >= 11 is 0. The van der Waals surface area contributed by atoms with Crippen molar-refractivity contribution in [3.05, 3.63) is 29.6 Å². The average molecular weight is 281 g/mol.